The third kappa shape index (κ3) is 3.47. The number of benzene rings is 4. The van der Waals surface area contributed by atoms with E-state index in [1.165, 1.54) is 0 Å². The van der Waals surface area contributed by atoms with Crippen LogP contribution >= 0.6 is 0 Å². The molecule has 4 aromatic carbocycles. The van der Waals surface area contributed by atoms with Gasteiger partial charge < -0.3 is 19.8 Å². The summed E-state index contributed by atoms with van der Waals surface area (Å²) in [7, 11) is 0. The second-order valence-corrected chi connectivity index (χ2v) is 9.11. The van der Waals surface area contributed by atoms with E-state index in [2.05, 4.69) is 12.1 Å². The minimum absolute atomic E-state index is 0.103. The Hall–Kier alpha value is -4.09. The number of aromatic hydroxyl groups is 1. The second-order valence-electron chi connectivity index (χ2n) is 9.11. The summed E-state index contributed by atoms with van der Waals surface area (Å²) in [5.41, 5.74) is 3.28. The summed E-state index contributed by atoms with van der Waals surface area (Å²) in [6.07, 6.45) is 1.66. The van der Waals surface area contributed by atoms with E-state index >= 15 is 0 Å². The van der Waals surface area contributed by atoms with Crippen LogP contribution < -0.4 is 9.64 Å². The van der Waals surface area contributed by atoms with Gasteiger partial charge in [-0.3, -0.25) is 4.79 Å². The van der Waals surface area contributed by atoms with Crippen LogP contribution in [0.2, 0.25) is 0 Å². The van der Waals surface area contributed by atoms with Gasteiger partial charge in [-0.25, -0.2) is 0 Å². The van der Waals surface area contributed by atoms with Crippen molar-refractivity contribution in [1.82, 2.24) is 0 Å². The largest absolute Gasteiger partial charge is 0.508 e. The molecule has 1 amide bonds. The maximum absolute atomic E-state index is 13.8. The van der Waals surface area contributed by atoms with Gasteiger partial charge in [0.1, 0.15) is 11.5 Å². The Labute approximate surface area is 203 Å². The Kier molecular flexibility index (Phi) is 5.08. The number of fused-ring (bicyclic) bond motifs is 2. The smallest absolute Gasteiger partial charge is 0.268 e. The number of carbonyl (C=O) groups excluding carboxylic acids is 1. The molecule has 2 N–H and O–H groups in total. The van der Waals surface area contributed by atoms with E-state index in [0.29, 0.717) is 30.2 Å². The minimum Gasteiger partial charge on any atom is -0.508 e. The molecule has 0 aromatic heterocycles. The lowest BCUT2D eigenvalue weighted by molar-refractivity contribution is -0.132. The summed E-state index contributed by atoms with van der Waals surface area (Å²) < 4.78 is 5.77. The van der Waals surface area contributed by atoms with E-state index in [1.807, 2.05) is 54.6 Å². The van der Waals surface area contributed by atoms with Crippen molar-refractivity contribution >= 4 is 11.6 Å². The highest BCUT2D eigenvalue weighted by Gasteiger charge is 2.52. The second kappa shape index (κ2) is 8.29. The zero-order valence-electron chi connectivity index (χ0n) is 19.1. The third-order valence-electron chi connectivity index (χ3n) is 6.96. The molecule has 0 bridgehead atoms. The fraction of sp³-hybridized carbons (Fsp3) is 0.167. The first-order valence-corrected chi connectivity index (χ1v) is 11.8. The highest BCUT2D eigenvalue weighted by atomic mass is 16.5. The van der Waals surface area contributed by atoms with Gasteiger partial charge in [-0.05, 0) is 53.3 Å². The molecule has 6 rings (SSSR count). The number of hydrogen-bond donors (Lipinski definition) is 2. The van der Waals surface area contributed by atoms with Crippen molar-refractivity contribution in [2.75, 3.05) is 11.5 Å². The van der Waals surface area contributed by atoms with Crippen molar-refractivity contribution in [2.45, 2.75) is 25.0 Å². The normalized spacial score (nSPS) is 18.7. The topological polar surface area (TPSA) is 70.0 Å². The Morgan fingerprint density at radius 1 is 0.857 bits per heavy atom. The van der Waals surface area contributed by atoms with Gasteiger partial charge in [-0.1, -0.05) is 72.8 Å². The number of nitrogens with zero attached hydrogens (tertiary/aromatic N) is 1. The molecule has 5 nitrogen and oxygen atoms in total. The summed E-state index contributed by atoms with van der Waals surface area (Å²) in [5, 5.41) is 22.8. The lowest BCUT2D eigenvalue weighted by Crippen LogP contribution is -2.41. The summed E-state index contributed by atoms with van der Waals surface area (Å²) in [6, 6.07) is 28.6. The van der Waals surface area contributed by atoms with Crippen LogP contribution in [0.4, 0.5) is 5.69 Å². The molecule has 0 fully saturated rings. The minimum atomic E-state index is -2.00. The van der Waals surface area contributed by atoms with Crippen LogP contribution in [0.1, 0.15) is 28.7 Å². The maximum atomic E-state index is 13.8. The number of anilines is 1. The van der Waals surface area contributed by atoms with E-state index in [1.54, 1.807) is 29.2 Å². The van der Waals surface area contributed by atoms with Gasteiger partial charge >= 0.3 is 0 Å². The van der Waals surface area contributed by atoms with E-state index in [4.69, 9.17) is 4.74 Å². The Balaban J connectivity index is 1.37. The van der Waals surface area contributed by atoms with E-state index < -0.39 is 11.5 Å². The molecule has 1 unspecified atom stereocenters. The van der Waals surface area contributed by atoms with Crippen molar-refractivity contribution < 1.29 is 19.7 Å². The molecule has 0 spiro atoms. The fourth-order valence-electron chi connectivity index (χ4n) is 5.14. The molecule has 2 aliphatic rings. The number of phenolic OH excluding ortho intramolecular Hbond substituents is 1. The van der Waals surface area contributed by atoms with Gasteiger partial charge in [-0.15, -0.1) is 0 Å². The number of carbonyl (C=O) groups is 1. The molecule has 2 aliphatic heterocycles. The van der Waals surface area contributed by atoms with E-state index in [9.17, 15) is 15.0 Å². The quantitative estimate of drug-likeness (QED) is 0.438. The molecule has 0 radical (unpaired) electrons. The molecule has 4 aromatic rings. The predicted molar refractivity (Wildman–Crippen MR) is 134 cm³/mol. The van der Waals surface area contributed by atoms with Crippen LogP contribution in [0.5, 0.6) is 11.5 Å². The van der Waals surface area contributed by atoms with Gasteiger partial charge in [0, 0.05) is 11.1 Å². The monoisotopic (exact) mass is 463 g/mol. The Bertz CT molecular complexity index is 1410. The number of phenols is 1. The number of para-hydroxylation sites is 1. The standard InChI is InChI=1S/C30H25NO4/c32-27-17-23-9-6-16-35-28(23)18-25(27)30(34)24-10-4-5-11-26(24)31(29(30)33)19-20-12-14-22(15-13-20)21-7-2-1-3-8-21/h1-5,7-8,10-15,17-18,32,34H,6,9,16,19H2. The van der Waals surface area contributed by atoms with Gasteiger partial charge in [0.05, 0.1) is 18.8 Å². The van der Waals surface area contributed by atoms with Crippen molar-refractivity contribution in [3.63, 3.8) is 0 Å². The molecule has 2 heterocycles. The molecule has 5 heteroatoms. The molecular formula is C30H25NO4. The van der Waals surface area contributed by atoms with Gasteiger partial charge in [0.15, 0.2) is 0 Å². The van der Waals surface area contributed by atoms with Crippen LogP contribution in [-0.4, -0.2) is 22.7 Å². The van der Waals surface area contributed by atoms with E-state index in [0.717, 1.165) is 35.1 Å². The number of rotatable bonds is 4. The first kappa shape index (κ1) is 21.4. The summed E-state index contributed by atoms with van der Waals surface area (Å²) >= 11 is 0. The highest BCUT2D eigenvalue weighted by Crippen LogP contribution is 2.49. The zero-order valence-corrected chi connectivity index (χ0v) is 19.1. The van der Waals surface area contributed by atoms with Crippen molar-refractivity contribution in [3.8, 4) is 22.6 Å². The summed E-state index contributed by atoms with van der Waals surface area (Å²) in [6.45, 7) is 0.876. The maximum Gasteiger partial charge on any atom is 0.268 e. The number of amides is 1. The zero-order chi connectivity index (χ0) is 24.0. The summed E-state index contributed by atoms with van der Waals surface area (Å²) in [5.74, 6) is 0.0172. The fourth-order valence-corrected chi connectivity index (χ4v) is 5.14. The molecule has 0 aliphatic carbocycles. The molecule has 0 saturated heterocycles. The highest BCUT2D eigenvalue weighted by molar-refractivity contribution is 6.09. The average Bonchev–Trinajstić information content (AvgIpc) is 3.12. The van der Waals surface area contributed by atoms with Crippen molar-refractivity contribution in [2.24, 2.45) is 0 Å². The molecular weight excluding hydrogens is 438 g/mol. The number of aryl methyl sites for hydroxylation is 1. The van der Waals surface area contributed by atoms with Crippen LogP contribution in [0.3, 0.4) is 0 Å². The number of hydrogen-bond acceptors (Lipinski definition) is 4. The number of aliphatic hydroxyl groups is 1. The van der Waals surface area contributed by atoms with Crippen molar-refractivity contribution in [1.29, 1.82) is 0 Å². The van der Waals surface area contributed by atoms with Crippen LogP contribution in [-0.2, 0) is 23.4 Å². The van der Waals surface area contributed by atoms with E-state index in [-0.39, 0.29) is 11.3 Å². The predicted octanol–water partition coefficient (Wildman–Crippen LogP) is 5.17. The number of ether oxygens (including phenoxy) is 1. The van der Waals surface area contributed by atoms with Crippen LogP contribution in [0, 0.1) is 0 Å². The first-order valence-electron chi connectivity index (χ1n) is 11.8. The molecule has 35 heavy (non-hydrogen) atoms. The lowest BCUT2D eigenvalue weighted by atomic mass is 9.85. The first-order chi connectivity index (χ1) is 17.1. The molecule has 174 valence electrons. The van der Waals surface area contributed by atoms with Gasteiger partial charge in [-0.2, -0.15) is 0 Å². The summed E-state index contributed by atoms with van der Waals surface area (Å²) in [4.78, 5) is 15.4. The van der Waals surface area contributed by atoms with Gasteiger partial charge in [0.25, 0.3) is 5.91 Å². The Morgan fingerprint density at radius 2 is 1.57 bits per heavy atom. The SMILES string of the molecule is O=C1N(Cc2ccc(-c3ccccc3)cc2)c2ccccc2C1(O)c1cc2c(cc1O)CCCO2. The third-order valence-corrected chi connectivity index (χ3v) is 6.96. The van der Waals surface area contributed by atoms with Crippen LogP contribution in [0.15, 0.2) is 91.0 Å². The van der Waals surface area contributed by atoms with Crippen molar-refractivity contribution in [3.05, 3.63) is 113 Å². The Morgan fingerprint density at radius 3 is 2.37 bits per heavy atom. The molecule has 1 atom stereocenters. The lowest BCUT2D eigenvalue weighted by Gasteiger charge is -2.27. The van der Waals surface area contributed by atoms with Crippen LogP contribution in [0.25, 0.3) is 11.1 Å². The molecule has 0 saturated carbocycles. The average molecular weight is 464 g/mol. The van der Waals surface area contributed by atoms with Gasteiger partial charge in [0.2, 0.25) is 5.60 Å².